The molecular formula is C11H8N4O4. The van der Waals surface area contributed by atoms with Crippen molar-refractivity contribution in [2.75, 3.05) is 5.32 Å². The summed E-state index contributed by atoms with van der Waals surface area (Å²) < 4.78 is 0. The van der Waals surface area contributed by atoms with E-state index >= 15 is 0 Å². The van der Waals surface area contributed by atoms with Gasteiger partial charge in [0.05, 0.1) is 22.2 Å². The number of aromatic hydroxyl groups is 1. The third-order valence-corrected chi connectivity index (χ3v) is 2.26. The van der Waals surface area contributed by atoms with Crippen molar-refractivity contribution in [3.05, 3.63) is 52.6 Å². The topological polar surface area (TPSA) is 118 Å². The first-order chi connectivity index (χ1) is 9.08. The summed E-state index contributed by atoms with van der Waals surface area (Å²) in [6.45, 7) is 0. The second-order valence-corrected chi connectivity index (χ2v) is 3.54. The zero-order valence-corrected chi connectivity index (χ0v) is 9.48. The molecule has 1 aromatic carbocycles. The van der Waals surface area contributed by atoms with Gasteiger partial charge in [-0.1, -0.05) is 0 Å². The number of nitro benzene ring substituents is 1. The number of carbonyl (C=O) groups is 1. The molecule has 1 aromatic heterocycles. The quantitative estimate of drug-likeness (QED) is 0.488. The van der Waals surface area contributed by atoms with Gasteiger partial charge in [0.15, 0.2) is 0 Å². The number of amides is 1. The van der Waals surface area contributed by atoms with Crippen LogP contribution in [0.5, 0.6) is 5.75 Å². The van der Waals surface area contributed by atoms with E-state index in [-0.39, 0.29) is 22.7 Å². The number of non-ortho nitro benzene ring substituents is 1. The van der Waals surface area contributed by atoms with Gasteiger partial charge < -0.3 is 10.4 Å². The Hall–Kier alpha value is -3.03. The van der Waals surface area contributed by atoms with E-state index in [1.807, 2.05) is 0 Å². The van der Waals surface area contributed by atoms with Gasteiger partial charge in [0, 0.05) is 18.5 Å². The van der Waals surface area contributed by atoms with Crippen molar-refractivity contribution >= 4 is 17.3 Å². The number of nitrogens with zero attached hydrogens (tertiary/aromatic N) is 3. The first-order valence-electron chi connectivity index (χ1n) is 5.11. The molecular weight excluding hydrogens is 252 g/mol. The summed E-state index contributed by atoms with van der Waals surface area (Å²) in [5.74, 6) is -0.913. The second-order valence-electron chi connectivity index (χ2n) is 3.54. The van der Waals surface area contributed by atoms with E-state index in [1.165, 1.54) is 30.9 Å². The number of carbonyl (C=O) groups excluding carboxylic acids is 1. The largest absolute Gasteiger partial charge is 0.506 e. The van der Waals surface area contributed by atoms with Crippen molar-refractivity contribution in [3.63, 3.8) is 0 Å². The maximum Gasteiger partial charge on any atom is 0.273 e. The molecule has 1 amide bonds. The van der Waals surface area contributed by atoms with Crippen LogP contribution in [0.1, 0.15) is 10.4 Å². The molecule has 19 heavy (non-hydrogen) atoms. The van der Waals surface area contributed by atoms with Gasteiger partial charge in [-0.05, 0) is 6.07 Å². The smallest absolute Gasteiger partial charge is 0.273 e. The number of hydrogen-bond acceptors (Lipinski definition) is 6. The minimum Gasteiger partial charge on any atom is -0.506 e. The average Bonchev–Trinajstić information content (AvgIpc) is 2.41. The van der Waals surface area contributed by atoms with Crippen molar-refractivity contribution in [3.8, 4) is 5.75 Å². The molecule has 0 atom stereocenters. The SMILES string of the molecule is O=C(Nc1ccc([N+](=O)[O-])cc1O)c1cncnc1. The Morgan fingerprint density at radius 3 is 2.58 bits per heavy atom. The number of hydrogen-bond donors (Lipinski definition) is 2. The molecule has 1 heterocycles. The van der Waals surface area contributed by atoms with Crippen molar-refractivity contribution < 1.29 is 14.8 Å². The third-order valence-electron chi connectivity index (χ3n) is 2.26. The zero-order chi connectivity index (χ0) is 13.8. The lowest BCUT2D eigenvalue weighted by Crippen LogP contribution is -2.12. The molecule has 2 N–H and O–H groups in total. The highest BCUT2D eigenvalue weighted by Gasteiger charge is 2.13. The lowest BCUT2D eigenvalue weighted by Gasteiger charge is -2.06. The summed E-state index contributed by atoms with van der Waals surface area (Å²) in [6, 6.07) is 3.38. The molecule has 0 aliphatic heterocycles. The van der Waals surface area contributed by atoms with Crippen LogP contribution in [0, 0.1) is 10.1 Å². The Labute approximate surface area is 106 Å². The number of nitrogens with one attached hydrogen (secondary N) is 1. The minimum absolute atomic E-state index is 0.0689. The number of aromatic nitrogens is 2. The maximum atomic E-state index is 11.7. The van der Waals surface area contributed by atoms with E-state index in [0.29, 0.717) is 0 Å². The highest BCUT2D eigenvalue weighted by molar-refractivity contribution is 6.04. The van der Waals surface area contributed by atoms with Gasteiger partial charge in [0.2, 0.25) is 0 Å². The summed E-state index contributed by atoms with van der Waals surface area (Å²) in [7, 11) is 0. The minimum atomic E-state index is -0.643. The summed E-state index contributed by atoms with van der Waals surface area (Å²) in [4.78, 5) is 29.0. The molecule has 0 spiro atoms. The Morgan fingerprint density at radius 2 is 2.00 bits per heavy atom. The first-order valence-corrected chi connectivity index (χ1v) is 5.11. The Balaban J connectivity index is 2.20. The monoisotopic (exact) mass is 260 g/mol. The molecule has 0 saturated heterocycles. The first kappa shape index (κ1) is 12.4. The second kappa shape index (κ2) is 5.08. The fourth-order valence-electron chi connectivity index (χ4n) is 1.35. The number of benzene rings is 1. The predicted octanol–water partition coefficient (Wildman–Crippen LogP) is 1.34. The van der Waals surface area contributed by atoms with E-state index in [4.69, 9.17) is 0 Å². The molecule has 0 saturated carbocycles. The molecule has 2 aromatic rings. The molecule has 0 radical (unpaired) electrons. The molecule has 96 valence electrons. The molecule has 8 nitrogen and oxygen atoms in total. The van der Waals surface area contributed by atoms with Gasteiger partial charge in [-0.15, -0.1) is 0 Å². The summed E-state index contributed by atoms with van der Waals surface area (Å²) >= 11 is 0. The summed E-state index contributed by atoms with van der Waals surface area (Å²) in [5, 5.41) is 22.5. The lowest BCUT2D eigenvalue weighted by molar-refractivity contribution is -0.384. The molecule has 8 heteroatoms. The van der Waals surface area contributed by atoms with Gasteiger partial charge >= 0.3 is 0 Å². The normalized spacial score (nSPS) is 9.89. The lowest BCUT2D eigenvalue weighted by atomic mass is 10.2. The number of phenols is 1. The van der Waals surface area contributed by atoms with Crippen LogP contribution in [0.3, 0.4) is 0 Å². The number of anilines is 1. The van der Waals surface area contributed by atoms with Crippen molar-refractivity contribution in [2.24, 2.45) is 0 Å². The van der Waals surface area contributed by atoms with E-state index in [2.05, 4.69) is 15.3 Å². The maximum absolute atomic E-state index is 11.7. The van der Waals surface area contributed by atoms with Crippen LogP contribution in [0.4, 0.5) is 11.4 Å². The Kier molecular flexibility index (Phi) is 3.33. The van der Waals surface area contributed by atoms with Gasteiger partial charge in [0.1, 0.15) is 12.1 Å². The molecule has 0 aliphatic rings. The van der Waals surface area contributed by atoms with Crippen molar-refractivity contribution in [2.45, 2.75) is 0 Å². The Bertz CT molecular complexity index is 630. The van der Waals surface area contributed by atoms with Gasteiger partial charge in [-0.25, -0.2) is 9.97 Å². The fraction of sp³-hybridized carbons (Fsp3) is 0. The third kappa shape index (κ3) is 2.80. The summed E-state index contributed by atoms with van der Waals surface area (Å²) in [5.41, 5.74) is 0.0123. The van der Waals surface area contributed by atoms with Crippen molar-refractivity contribution in [1.29, 1.82) is 0 Å². The van der Waals surface area contributed by atoms with Crippen LogP contribution in [-0.4, -0.2) is 25.9 Å². The number of phenolic OH excluding ortho intramolecular Hbond substituents is 1. The molecule has 0 aliphatic carbocycles. The molecule has 2 rings (SSSR count). The van der Waals surface area contributed by atoms with Crippen LogP contribution in [-0.2, 0) is 0 Å². The zero-order valence-electron chi connectivity index (χ0n) is 9.48. The van der Waals surface area contributed by atoms with Gasteiger partial charge in [0.25, 0.3) is 11.6 Å². The van der Waals surface area contributed by atoms with Crippen LogP contribution >= 0.6 is 0 Å². The van der Waals surface area contributed by atoms with E-state index in [1.54, 1.807) is 0 Å². The molecule has 0 unspecified atom stereocenters. The fourth-order valence-corrected chi connectivity index (χ4v) is 1.35. The van der Waals surface area contributed by atoms with Crippen LogP contribution in [0.2, 0.25) is 0 Å². The van der Waals surface area contributed by atoms with E-state index in [0.717, 1.165) is 6.07 Å². The Morgan fingerprint density at radius 1 is 1.32 bits per heavy atom. The average molecular weight is 260 g/mol. The van der Waals surface area contributed by atoms with Crippen LogP contribution in [0.15, 0.2) is 36.9 Å². The highest BCUT2D eigenvalue weighted by atomic mass is 16.6. The predicted molar refractivity (Wildman–Crippen MR) is 64.7 cm³/mol. The van der Waals surface area contributed by atoms with Crippen molar-refractivity contribution in [1.82, 2.24) is 9.97 Å². The molecule has 0 fully saturated rings. The van der Waals surface area contributed by atoms with Gasteiger partial charge in [-0.2, -0.15) is 0 Å². The molecule has 0 bridgehead atoms. The van der Waals surface area contributed by atoms with Crippen LogP contribution in [0.25, 0.3) is 0 Å². The number of nitro groups is 1. The van der Waals surface area contributed by atoms with E-state index < -0.39 is 10.8 Å². The standard InChI is InChI=1S/C11H8N4O4/c16-10-3-8(15(18)19)1-2-9(10)14-11(17)7-4-12-6-13-5-7/h1-6,16H,(H,14,17). The van der Waals surface area contributed by atoms with Gasteiger partial charge in [-0.3, -0.25) is 14.9 Å². The highest BCUT2D eigenvalue weighted by Crippen LogP contribution is 2.28. The van der Waals surface area contributed by atoms with E-state index in [9.17, 15) is 20.0 Å². The number of rotatable bonds is 3. The summed E-state index contributed by atoms with van der Waals surface area (Å²) in [6.07, 6.45) is 3.90. The van der Waals surface area contributed by atoms with Crippen LogP contribution < -0.4 is 5.32 Å².